The molecule has 7 heteroatoms. The molecule has 7 nitrogen and oxygen atoms in total. The molecule has 0 saturated carbocycles. The number of hydrogen-bond acceptors (Lipinski definition) is 5. The van der Waals surface area contributed by atoms with Crippen molar-refractivity contribution in [3.63, 3.8) is 0 Å². The molecular formula is C16H16N2O5. The van der Waals surface area contributed by atoms with Crippen molar-refractivity contribution < 1.29 is 19.2 Å². The average Bonchev–Trinajstić information content (AvgIpc) is 2.55. The van der Waals surface area contributed by atoms with Crippen LogP contribution in [0.25, 0.3) is 0 Å². The molecule has 0 spiro atoms. The summed E-state index contributed by atoms with van der Waals surface area (Å²) in [6, 6.07) is 12.4. The highest BCUT2D eigenvalue weighted by Crippen LogP contribution is 2.19. The van der Waals surface area contributed by atoms with Crippen LogP contribution < -0.4 is 10.1 Å². The van der Waals surface area contributed by atoms with Gasteiger partial charge in [-0.15, -0.1) is 0 Å². The Kier molecular flexibility index (Phi) is 5.65. The lowest BCUT2D eigenvalue weighted by molar-refractivity contribution is -0.384. The fourth-order valence-electron chi connectivity index (χ4n) is 1.87. The number of rotatable bonds is 7. The average molecular weight is 316 g/mol. The molecule has 1 N–H and O–H groups in total. The van der Waals surface area contributed by atoms with Crippen LogP contribution in [0.1, 0.15) is 10.4 Å². The Balaban J connectivity index is 2.06. The van der Waals surface area contributed by atoms with Crippen LogP contribution in [0.15, 0.2) is 48.5 Å². The van der Waals surface area contributed by atoms with Gasteiger partial charge in [0.15, 0.2) is 0 Å². The van der Waals surface area contributed by atoms with Crippen molar-refractivity contribution in [2.24, 2.45) is 0 Å². The minimum Gasteiger partial charge on any atom is -0.491 e. The van der Waals surface area contributed by atoms with Gasteiger partial charge in [0.2, 0.25) is 0 Å². The zero-order valence-corrected chi connectivity index (χ0v) is 12.5. The van der Waals surface area contributed by atoms with Gasteiger partial charge in [0, 0.05) is 36.6 Å². The van der Waals surface area contributed by atoms with Crippen molar-refractivity contribution in [2.45, 2.75) is 0 Å². The van der Waals surface area contributed by atoms with Crippen LogP contribution in [0.2, 0.25) is 0 Å². The summed E-state index contributed by atoms with van der Waals surface area (Å²) in [5, 5.41) is 13.4. The van der Waals surface area contributed by atoms with Crippen molar-refractivity contribution in [1.29, 1.82) is 0 Å². The molecule has 0 heterocycles. The van der Waals surface area contributed by atoms with Crippen LogP contribution in [0.5, 0.6) is 5.75 Å². The number of methoxy groups -OCH3 is 1. The number of ether oxygens (including phenoxy) is 2. The van der Waals surface area contributed by atoms with Crippen molar-refractivity contribution in [1.82, 2.24) is 0 Å². The van der Waals surface area contributed by atoms with Crippen LogP contribution >= 0.6 is 0 Å². The normalized spacial score (nSPS) is 10.1. The summed E-state index contributed by atoms with van der Waals surface area (Å²) in [5.41, 5.74) is 0.621. The predicted octanol–water partition coefficient (Wildman–Crippen LogP) is 2.87. The first-order chi connectivity index (χ1) is 11.1. The van der Waals surface area contributed by atoms with Gasteiger partial charge in [0.1, 0.15) is 12.4 Å². The maximum Gasteiger partial charge on any atom is 0.270 e. The number of non-ortho nitro benzene ring substituents is 1. The van der Waals surface area contributed by atoms with E-state index in [1.807, 2.05) is 0 Å². The highest BCUT2D eigenvalue weighted by molar-refractivity contribution is 6.04. The molecule has 23 heavy (non-hydrogen) atoms. The fourth-order valence-corrected chi connectivity index (χ4v) is 1.87. The van der Waals surface area contributed by atoms with Crippen molar-refractivity contribution >= 4 is 17.3 Å². The van der Waals surface area contributed by atoms with E-state index in [1.54, 1.807) is 31.4 Å². The van der Waals surface area contributed by atoms with Crippen molar-refractivity contribution in [2.75, 3.05) is 25.6 Å². The molecule has 2 rings (SSSR count). The lowest BCUT2D eigenvalue weighted by Crippen LogP contribution is -2.12. The summed E-state index contributed by atoms with van der Waals surface area (Å²) in [6.45, 7) is 0.864. The molecule has 2 aromatic rings. The highest BCUT2D eigenvalue weighted by Gasteiger charge is 2.11. The van der Waals surface area contributed by atoms with Crippen molar-refractivity contribution in [3.8, 4) is 5.75 Å². The molecule has 0 unspecified atom stereocenters. The predicted molar refractivity (Wildman–Crippen MR) is 84.9 cm³/mol. The van der Waals surface area contributed by atoms with E-state index in [0.29, 0.717) is 24.7 Å². The third-order valence-corrected chi connectivity index (χ3v) is 2.97. The number of nitro groups is 1. The molecule has 0 radical (unpaired) electrons. The van der Waals surface area contributed by atoms with E-state index < -0.39 is 10.8 Å². The van der Waals surface area contributed by atoms with E-state index in [9.17, 15) is 14.9 Å². The summed E-state index contributed by atoms with van der Waals surface area (Å²) in [7, 11) is 1.58. The Bertz CT molecular complexity index is 702. The molecule has 0 fully saturated rings. The summed E-state index contributed by atoms with van der Waals surface area (Å²) in [5.74, 6) is 0.168. The number of nitrogens with zero attached hydrogens (tertiary/aromatic N) is 1. The third kappa shape index (κ3) is 4.79. The second kappa shape index (κ2) is 7.90. The largest absolute Gasteiger partial charge is 0.491 e. The molecule has 0 saturated heterocycles. The highest BCUT2D eigenvalue weighted by atomic mass is 16.6. The molecule has 120 valence electrons. The van der Waals surface area contributed by atoms with E-state index in [4.69, 9.17) is 9.47 Å². The Morgan fingerprint density at radius 3 is 2.70 bits per heavy atom. The minimum absolute atomic E-state index is 0.130. The lowest BCUT2D eigenvalue weighted by atomic mass is 10.2. The zero-order chi connectivity index (χ0) is 16.7. The SMILES string of the molecule is COCCOc1cccc(NC(=O)c2cccc([N+](=O)[O-])c2)c1. The molecule has 0 bridgehead atoms. The van der Waals surface area contributed by atoms with E-state index in [2.05, 4.69) is 5.32 Å². The molecule has 0 atom stereocenters. The summed E-state index contributed by atoms with van der Waals surface area (Å²) in [4.78, 5) is 22.4. The van der Waals surface area contributed by atoms with Gasteiger partial charge >= 0.3 is 0 Å². The first kappa shape index (κ1) is 16.4. The van der Waals surface area contributed by atoms with Crippen LogP contribution in [-0.4, -0.2) is 31.2 Å². The lowest BCUT2D eigenvalue weighted by Gasteiger charge is -2.09. The number of amides is 1. The number of nitro benzene ring substituents is 1. The summed E-state index contributed by atoms with van der Waals surface area (Å²) < 4.78 is 10.4. The maximum absolute atomic E-state index is 12.2. The molecule has 0 aliphatic rings. The topological polar surface area (TPSA) is 90.7 Å². The first-order valence-corrected chi connectivity index (χ1v) is 6.88. The molecule has 2 aromatic carbocycles. The maximum atomic E-state index is 12.2. The van der Waals surface area contributed by atoms with Gasteiger partial charge in [-0.3, -0.25) is 14.9 Å². The Hall–Kier alpha value is -2.93. The number of carbonyl (C=O) groups is 1. The number of carbonyl (C=O) groups excluding carboxylic acids is 1. The molecule has 0 aliphatic heterocycles. The van der Waals surface area contributed by atoms with Crippen LogP contribution in [0, 0.1) is 10.1 Å². The van der Waals surface area contributed by atoms with E-state index in [1.165, 1.54) is 24.3 Å². The molecule has 0 aliphatic carbocycles. The Morgan fingerprint density at radius 1 is 1.17 bits per heavy atom. The number of nitrogens with one attached hydrogen (secondary N) is 1. The van der Waals surface area contributed by atoms with Gasteiger partial charge in [-0.2, -0.15) is 0 Å². The van der Waals surface area contributed by atoms with Gasteiger partial charge in [0.05, 0.1) is 11.5 Å². The number of benzene rings is 2. The van der Waals surface area contributed by atoms with Crippen molar-refractivity contribution in [3.05, 3.63) is 64.2 Å². The Morgan fingerprint density at radius 2 is 1.96 bits per heavy atom. The van der Waals surface area contributed by atoms with Crippen LogP contribution in [0.4, 0.5) is 11.4 Å². The molecule has 0 aromatic heterocycles. The second-order valence-corrected chi connectivity index (χ2v) is 4.63. The summed E-state index contributed by atoms with van der Waals surface area (Å²) in [6.07, 6.45) is 0. The second-order valence-electron chi connectivity index (χ2n) is 4.63. The van der Waals surface area contributed by atoms with Crippen LogP contribution in [0.3, 0.4) is 0 Å². The van der Waals surface area contributed by atoms with Gasteiger partial charge < -0.3 is 14.8 Å². The minimum atomic E-state index is -0.541. The number of hydrogen-bond donors (Lipinski definition) is 1. The standard InChI is InChI=1S/C16H16N2O5/c1-22-8-9-23-15-7-3-5-13(11-15)17-16(19)12-4-2-6-14(10-12)18(20)21/h2-7,10-11H,8-9H2,1H3,(H,17,19). The molecule has 1 amide bonds. The van der Waals surface area contributed by atoms with E-state index in [-0.39, 0.29) is 11.3 Å². The monoisotopic (exact) mass is 316 g/mol. The number of anilines is 1. The van der Waals surface area contributed by atoms with E-state index >= 15 is 0 Å². The first-order valence-electron chi connectivity index (χ1n) is 6.88. The zero-order valence-electron chi connectivity index (χ0n) is 12.5. The Labute approximate surface area is 133 Å². The van der Waals surface area contributed by atoms with Gasteiger partial charge in [0.25, 0.3) is 11.6 Å². The van der Waals surface area contributed by atoms with Gasteiger partial charge in [-0.05, 0) is 18.2 Å². The fraction of sp³-hybridized carbons (Fsp3) is 0.188. The smallest absolute Gasteiger partial charge is 0.270 e. The van der Waals surface area contributed by atoms with Gasteiger partial charge in [-0.25, -0.2) is 0 Å². The van der Waals surface area contributed by atoms with E-state index in [0.717, 1.165) is 0 Å². The quantitative estimate of drug-likeness (QED) is 0.482. The summed E-state index contributed by atoms with van der Waals surface area (Å²) >= 11 is 0. The van der Waals surface area contributed by atoms with Crippen LogP contribution in [-0.2, 0) is 4.74 Å². The van der Waals surface area contributed by atoms with Gasteiger partial charge in [-0.1, -0.05) is 12.1 Å². The molecular weight excluding hydrogens is 300 g/mol. The third-order valence-electron chi connectivity index (χ3n) is 2.97.